The number of hydrogen-bond acceptors (Lipinski definition) is 2. The molecular formula is C18H40N2Si2. The van der Waals surface area contributed by atoms with Crippen molar-refractivity contribution in [3.05, 3.63) is 0 Å². The standard InChI is InChI=1S/C18H40N2Si2/c1-3-13-19(17-9-5-6-10-17)21-15-16-22-20(14-4-2)18-11-7-8-12-18/h17-18H,3-16,21-22H2,1-2H3. The Labute approximate surface area is 144 Å². The Morgan fingerprint density at radius 2 is 1.05 bits per heavy atom. The number of hydrogen-bond donors (Lipinski definition) is 0. The smallest absolute Gasteiger partial charge is 0.0951 e. The van der Waals surface area contributed by atoms with E-state index in [4.69, 9.17) is 0 Å². The van der Waals surface area contributed by atoms with E-state index in [1.165, 1.54) is 77.3 Å². The van der Waals surface area contributed by atoms with E-state index in [1.807, 2.05) is 0 Å². The highest BCUT2D eigenvalue weighted by Crippen LogP contribution is 2.25. The molecule has 0 saturated heterocycles. The molecule has 0 aromatic heterocycles. The number of rotatable bonds is 11. The first-order valence-electron chi connectivity index (χ1n) is 10.3. The van der Waals surface area contributed by atoms with Crippen LogP contribution in [-0.2, 0) is 0 Å². The van der Waals surface area contributed by atoms with Crippen molar-refractivity contribution in [3.8, 4) is 0 Å². The monoisotopic (exact) mass is 340 g/mol. The number of nitrogens with zero attached hydrogens (tertiary/aromatic N) is 2. The van der Waals surface area contributed by atoms with Gasteiger partial charge in [-0.05, 0) is 51.6 Å². The van der Waals surface area contributed by atoms with Crippen molar-refractivity contribution in [2.45, 2.75) is 102 Å². The molecule has 0 N–H and O–H groups in total. The summed E-state index contributed by atoms with van der Waals surface area (Å²) in [6.45, 7) is 7.54. The van der Waals surface area contributed by atoms with E-state index in [1.54, 1.807) is 12.1 Å². The average Bonchev–Trinajstić information content (AvgIpc) is 3.22. The van der Waals surface area contributed by atoms with Crippen LogP contribution in [0, 0.1) is 0 Å². The zero-order valence-corrected chi connectivity index (χ0v) is 18.2. The average molecular weight is 341 g/mol. The van der Waals surface area contributed by atoms with Gasteiger partial charge < -0.3 is 9.13 Å². The maximum atomic E-state index is 2.97. The van der Waals surface area contributed by atoms with Gasteiger partial charge in [-0.25, -0.2) is 0 Å². The van der Waals surface area contributed by atoms with Crippen LogP contribution in [0.3, 0.4) is 0 Å². The first kappa shape index (κ1) is 18.7. The zero-order chi connectivity index (χ0) is 15.6. The van der Waals surface area contributed by atoms with Crippen LogP contribution >= 0.6 is 0 Å². The Balaban J connectivity index is 1.66. The molecule has 0 unspecified atom stereocenters. The van der Waals surface area contributed by atoms with Crippen molar-refractivity contribution < 1.29 is 0 Å². The van der Waals surface area contributed by atoms with Gasteiger partial charge in [0.15, 0.2) is 0 Å². The zero-order valence-electron chi connectivity index (χ0n) is 15.4. The molecule has 2 rings (SSSR count). The van der Waals surface area contributed by atoms with Crippen LogP contribution < -0.4 is 0 Å². The van der Waals surface area contributed by atoms with Gasteiger partial charge >= 0.3 is 0 Å². The molecule has 0 aromatic carbocycles. The predicted octanol–water partition coefficient (Wildman–Crippen LogP) is 3.30. The third-order valence-corrected chi connectivity index (χ3v) is 11.3. The molecule has 0 radical (unpaired) electrons. The molecule has 0 heterocycles. The second-order valence-electron chi connectivity index (χ2n) is 7.66. The van der Waals surface area contributed by atoms with E-state index in [0.29, 0.717) is 0 Å². The normalized spacial score (nSPS) is 21.8. The third kappa shape index (κ3) is 6.10. The van der Waals surface area contributed by atoms with Crippen molar-refractivity contribution in [2.24, 2.45) is 0 Å². The Morgan fingerprint density at radius 1 is 0.682 bits per heavy atom. The fourth-order valence-corrected chi connectivity index (χ4v) is 9.84. The lowest BCUT2D eigenvalue weighted by Crippen LogP contribution is -2.39. The van der Waals surface area contributed by atoms with Crippen molar-refractivity contribution in [2.75, 3.05) is 13.1 Å². The quantitative estimate of drug-likeness (QED) is 0.420. The summed E-state index contributed by atoms with van der Waals surface area (Å²) < 4.78 is 5.95. The molecule has 0 bridgehead atoms. The molecule has 4 heteroatoms. The molecule has 2 aliphatic carbocycles. The molecule has 0 atom stereocenters. The summed E-state index contributed by atoms with van der Waals surface area (Å²) in [5.74, 6) is 0. The van der Waals surface area contributed by atoms with Crippen LogP contribution in [0.1, 0.15) is 78.1 Å². The molecule has 2 nitrogen and oxygen atoms in total. The van der Waals surface area contributed by atoms with Gasteiger partial charge in [0.1, 0.15) is 0 Å². The van der Waals surface area contributed by atoms with Gasteiger partial charge in [0.05, 0.1) is 19.4 Å². The maximum absolute atomic E-state index is 2.97. The second-order valence-corrected chi connectivity index (χ2v) is 11.6. The molecule has 22 heavy (non-hydrogen) atoms. The van der Waals surface area contributed by atoms with Gasteiger partial charge in [-0.1, -0.05) is 51.6 Å². The summed E-state index contributed by atoms with van der Waals surface area (Å²) >= 11 is 0. The predicted molar refractivity (Wildman–Crippen MR) is 105 cm³/mol. The molecule has 0 spiro atoms. The lowest BCUT2D eigenvalue weighted by molar-refractivity contribution is 0.330. The lowest BCUT2D eigenvalue weighted by atomic mass is 10.2. The van der Waals surface area contributed by atoms with Gasteiger partial charge in [-0.15, -0.1) is 0 Å². The van der Waals surface area contributed by atoms with E-state index >= 15 is 0 Å². The van der Waals surface area contributed by atoms with E-state index in [9.17, 15) is 0 Å². The molecule has 130 valence electrons. The van der Waals surface area contributed by atoms with Gasteiger partial charge in [0.2, 0.25) is 0 Å². The van der Waals surface area contributed by atoms with Crippen LogP contribution in [0.4, 0.5) is 0 Å². The van der Waals surface area contributed by atoms with Crippen LogP contribution in [0.5, 0.6) is 0 Å². The third-order valence-electron chi connectivity index (χ3n) is 5.84. The van der Waals surface area contributed by atoms with Gasteiger partial charge in [-0.2, -0.15) is 0 Å². The summed E-state index contributed by atoms with van der Waals surface area (Å²) in [5, 5.41) is 0. The van der Waals surface area contributed by atoms with Crippen LogP contribution in [0.2, 0.25) is 12.1 Å². The largest absolute Gasteiger partial charge is 0.326 e. The molecule has 0 aromatic rings. The van der Waals surface area contributed by atoms with Crippen LogP contribution in [0.15, 0.2) is 0 Å². The maximum Gasteiger partial charge on any atom is 0.0951 e. The fraction of sp³-hybridized carbons (Fsp3) is 1.00. The molecule has 2 saturated carbocycles. The minimum absolute atomic E-state index is 0.0478. The van der Waals surface area contributed by atoms with E-state index in [0.717, 1.165) is 12.1 Å². The van der Waals surface area contributed by atoms with Gasteiger partial charge in [-0.3, -0.25) is 0 Å². The summed E-state index contributed by atoms with van der Waals surface area (Å²) in [4.78, 5) is 0. The van der Waals surface area contributed by atoms with E-state index in [2.05, 4.69) is 23.0 Å². The molecule has 0 amide bonds. The molecule has 2 fully saturated rings. The van der Waals surface area contributed by atoms with E-state index in [-0.39, 0.29) is 19.4 Å². The summed E-state index contributed by atoms with van der Waals surface area (Å²) in [5.41, 5.74) is 0. The summed E-state index contributed by atoms with van der Waals surface area (Å²) in [6, 6.07) is 5.20. The minimum Gasteiger partial charge on any atom is -0.326 e. The molecular weight excluding hydrogens is 300 g/mol. The van der Waals surface area contributed by atoms with Crippen molar-refractivity contribution >= 4 is 19.4 Å². The highest BCUT2D eigenvalue weighted by Gasteiger charge is 2.23. The van der Waals surface area contributed by atoms with Crippen molar-refractivity contribution in [1.82, 2.24) is 9.13 Å². The first-order valence-corrected chi connectivity index (χ1v) is 13.6. The topological polar surface area (TPSA) is 6.48 Å². The minimum atomic E-state index is 0.0478. The van der Waals surface area contributed by atoms with Crippen LogP contribution in [0.25, 0.3) is 0 Å². The summed E-state index contributed by atoms with van der Waals surface area (Å²) in [6.07, 6.45) is 14.8. The first-order chi connectivity index (χ1) is 10.8. The Bertz CT molecular complexity index is 248. The Morgan fingerprint density at radius 3 is 1.36 bits per heavy atom. The second kappa shape index (κ2) is 11.0. The molecule has 0 aliphatic heterocycles. The highest BCUT2D eigenvalue weighted by molar-refractivity contribution is 6.38. The van der Waals surface area contributed by atoms with Crippen LogP contribution in [-0.4, -0.2) is 53.7 Å². The van der Waals surface area contributed by atoms with Crippen molar-refractivity contribution in [3.63, 3.8) is 0 Å². The molecule has 2 aliphatic rings. The Hall–Kier alpha value is 0.354. The van der Waals surface area contributed by atoms with Gasteiger partial charge in [0.25, 0.3) is 0 Å². The summed E-state index contributed by atoms with van der Waals surface area (Å²) in [7, 11) is 0.0957. The van der Waals surface area contributed by atoms with Crippen molar-refractivity contribution in [1.29, 1.82) is 0 Å². The lowest BCUT2D eigenvalue weighted by Gasteiger charge is -2.30. The van der Waals surface area contributed by atoms with Gasteiger partial charge in [0, 0.05) is 12.1 Å². The fourth-order valence-electron chi connectivity index (χ4n) is 4.70. The SMILES string of the molecule is CCCN([SiH2]CC[SiH2]N(CCC)C1CCCC1)C1CCCC1. The van der Waals surface area contributed by atoms with E-state index < -0.39 is 0 Å². The highest BCUT2D eigenvalue weighted by atomic mass is 28.2. The Kier molecular flexibility index (Phi) is 9.35.